The summed E-state index contributed by atoms with van der Waals surface area (Å²) in [4.78, 5) is 7.76. The number of hydrogen-bond donors (Lipinski definition) is 1. The maximum Gasteiger partial charge on any atom is 0.227 e. The van der Waals surface area contributed by atoms with Gasteiger partial charge in [-0.2, -0.15) is 4.98 Å². The second-order valence-corrected chi connectivity index (χ2v) is 4.25. The molecule has 0 saturated carbocycles. The first-order valence-electron chi connectivity index (χ1n) is 4.78. The monoisotopic (exact) mass is 297 g/mol. The van der Waals surface area contributed by atoms with E-state index in [0.29, 0.717) is 16.1 Å². The number of benzene rings is 1. The second kappa shape index (κ2) is 4.67. The summed E-state index contributed by atoms with van der Waals surface area (Å²) < 4.78 is 19.2. The summed E-state index contributed by atoms with van der Waals surface area (Å²) in [5.74, 6) is 0.371. The molecule has 17 heavy (non-hydrogen) atoms. The van der Waals surface area contributed by atoms with E-state index in [1.165, 1.54) is 12.1 Å². The highest BCUT2D eigenvalue weighted by molar-refractivity contribution is 9.10. The van der Waals surface area contributed by atoms with Gasteiger partial charge in [-0.25, -0.2) is 9.37 Å². The Kier molecular flexibility index (Phi) is 3.23. The van der Waals surface area contributed by atoms with Gasteiger partial charge in [0.2, 0.25) is 11.8 Å². The van der Waals surface area contributed by atoms with E-state index in [4.69, 9.17) is 10.5 Å². The van der Waals surface area contributed by atoms with Gasteiger partial charge in [-0.1, -0.05) is 0 Å². The fourth-order valence-corrected chi connectivity index (χ4v) is 1.53. The number of aromatic nitrogens is 2. The maximum absolute atomic E-state index is 13.1. The summed E-state index contributed by atoms with van der Waals surface area (Å²) in [6, 6.07) is 4.16. The number of nitrogens with two attached hydrogens (primary N) is 1. The Morgan fingerprint density at radius 1 is 1.41 bits per heavy atom. The van der Waals surface area contributed by atoms with Crippen LogP contribution in [-0.2, 0) is 0 Å². The Bertz CT molecular complexity index is 513. The summed E-state index contributed by atoms with van der Waals surface area (Å²) >= 11 is 3.26. The SMILES string of the molecule is Cc1cnc(N)nc1Oc1cc(F)ccc1Br. The van der Waals surface area contributed by atoms with Gasteiger partial charge in [0.15, 0.2) is 0 Å². The van der Waals surface area contributed by atoms with Crippen molar-refractivity contribution in [1.29, 1.82) is 0 Å². The molecular formula is C11H9BrFN3O. The lowest BCUT2D eigenvalue weighted by molar-refractivity contribution is 0.451. The molecule has 1 aromatic heterocycles. The van der Waals surface area contributed by atoms with E-state index in [1.54, 1.807) is 19.2 Å². The van der Waals surface area contributed by atoms with Crippen LogP contribution in [0.15, 0.2) is 28.9 Å². The topological polar surface area (TPSA) is 61.0 Å². The molecule has 0 radical (unpaired) electrons. The number of nitrogens with zero attached hydrogens (tertiary/aromatic N) is 2. The zero-order chi connectivity index (χ0) is 12.4. The van der Waals surface area contributed by atoms with Gasteiger partial charge in [-0.15, -0.1) is 0 Å². The molecule has 1 heterocycles. The molecule has 2 aromatic rings. The van der Waals surface area contributed by atoms with Crippen LogP contribution in [0.3, 0.4) is 0 Å². The first kappa shape index (κ1) is 11.8. The highest BCUT2D eigenvalue weighted by Crippen LogP contribution is 2.30. The Morgan fingerprint density at radius 3 is 2.94 bits per heavy atom. The van der Waals surface area contributed by atoms with Crippen molar-refractivity contribution in [1.82, 2.24) is 9.97 Å². The molecule has 0 aliphatic rings. The molecule has 0 aliphatic heterocycles. The van der Waals surface area contributed by atoms with Crippen LogP contribution < -0.4 is 10.5 Å². The summed E-state index contributed by atoms with van der Waals surface area (Å²) in [5, 5.41) is 0. The van der Waals surface area contributed by atoms with Crippen molar-refractivity contribution in [2.24, 2.45) is 0 Å². The van der Waals surface area contributed by atoms with Gasteiger partial charge in [0.25, 0.3) is 0 Å². The van der Waals surface area contributed by atoms with Crippen molar-refractivity contribution in [2.45, 2.75) is 6.92 Å². The molecule has 6 heteroatoms. The van der Waals surface area contributed by atoms with Gasteiger partial charge in [0.1, 0.15) is 11.6 Å². The lowest BCUT2D eigenvalue weighted by atomic mass is 10.3. The fraction of sp³-hybridized carbons (Fsp3) is 0.0909. The van der Waals surface area contributed by atoms with E-state index >= 15 is 0 Å². The quantitative estimate of drug-likeness (QED) is 0.925. The van der Waals surface area contributed by atoms with Gasteiger partial charge in [0.05, 0.1) is 4.47 Å². The number of rotatable bonds is 2. The van der Waals surface area contributed by atoms with E-state index in [1.807, 2.05) is 0 Å². The third kappa shape index (κ3) is 2.71. The zero-order valence-corrected chi connectivity index (χ0v) is 10.5. The van der Waals surface area contributed by atoms with Crippen molar-refractivity contribution >= 4 is 21.9 Å². The first-order chi connectivity index (χ1) is 8.06. The number of ether oxygens (including phenoxy) is 1. The minimum Gasteiger partial charge on any atom is -0.437 e. The van der Waals surface area contributed by atoms with Crippen LogP contribution in [0.2, 0.25) is 0 Å². The smallest absolute Gasteiger partial charge is 0.227 e. The molecule has 0 atom stereocenters. The Hall–Kier alpha value is -1.69. The minimum atomic E-state index is -0.386. The highest BCUT2D eigenvalue weighted by Gasteiger charge is 2.08. The van der Waals surface area contributed by atoms with Crippen LogP contribution in [0, 0.1) is 12.7 Å². The standard InChI is InChI=1S/C11H9BrFN3O/c1-6-5-15-11(14)16-10(6)17-9-4-7(13)2-3-8(9)12/h2-5H,1H3,(H2,14,15,16). The van der Waals surface area contributed by atoms with Gasteiger partial charge in [-0.3, -0.25) is 0 Å². The van der Waals surface area contributed by atoms with Crippen molar-refractivity contribution in [3.8, 4) is 11.6 Å². The molecule has 88 valence electrons. The van der Waals surface area contributed by atoms with Gasteiger partial charge < -0.3 is 10.5 Å². The van der Waals surface area contributed by atoms with E-state index < -0.39 is 0 Å². The first-order valence-corrected chi connectivity index (χ1v) is 5.57. The minimum absolute atomic E-state index is 0.109. The Labute approximate surface area is 106 Å². The summed E-state index contributed by atoms with van der Waals surface area (Å²) in [6.45, 7) is 1.78. The zero-order valence-electron chi connectivity index (χ0n) is 8.95. The largest absolute Gasteiger partial charge is 0.437 e. The number of anilines is 1. The number of hydrogen-bond acceptors (Lipinski definition) is 4. The van der Waals surface area contributed by atoms with Crippen LogP contribution in [0.25, 0.3) is 0 Å². The molecular weight excluding hydrogens is 289 g/mol. The lowest BCUT2D eigenvalue weighted by Crippen LogP contribution is -1.99. The normalized spacial score (nSPS) is 10.3. The van der Waals surface area contributed by atoms with Gasteiger partial charge in [-0.05, 0) is 35.0 Å². The van der Waals surface area contributed by atoms with E-state index in [0.717, 1.165) is 5.56 Å². The van der Waals surface area contributed by atoms with E-state index in [-0.39, 0.29) is 11.8 Å². The Morgan fingerprint density at radius 2 is 2.18 bits per heavy atom. The average molecular weight is 298 g/mol. The van der Waals surface area contributed by atoms with Crippen molar-refractivity contribution in [3.63, 3.8) is 0 Å². The van der Waals surface area contributed by atoms with Crippen molar-refractivity contribution in [3.05, 3.63) is 40.2 Å². The molecule has 0 amide bonds. The molecule has 0 aliphatic carbocycles. The van der Waals surface area contributed by atoms with Crippen LogP contribution in [0.4, 0.5) is 10.3 Å². The van der Waals surface area contributed by atoms with Crippen LogP contribution in [0.5, 0.6) is 11.6 Å². The van der Waals surface area contributed by atoms with E-state index in [9.17, 15) is 4.39 Å². The molecule has 1 aromatic carbocycles. The van der Waals surface area contributed by atoms with Crippen LogP contribution in [0.1, 0.15) is 5.56 Å². The van der Waals surface area contributed by atoms with Crippen LogP contribution >= 0.6 is 15.9 Å². The second-order valence-electron chi connectivity index (χ2n) is 3.39. The third-order valence-corrected chi connectivity index (χ3v) is 2.70. The summed E-state index contributed by atoms with van der Waals surface area (Å²) in [7, 11) is 0. The summed E-state index contributed by atoms with van der Waals surface area (Å²) in [5.41, 5.74) is 6.18. The average Bonchev–Trinajstić information content (AvgIpc) is 2.28. The molecule has 0 bridgehead atoms. The molecule has 4 nitrogen and oxygen atoms in total. The van der Waals surface area contributed by atoms with Crippen molar-refractivity contribution in [2.75, 3.05) is 5.73 Å². The summed E-state index contributed by atoms with van der Waals surface area (Å²) in [6.07, 6.45) is 1.55. The van der Waals surface area contributed by atoms with E-state index in [2.05, 4.69) is 25.9 Å². The number of aryl methyl sites for hydroxylation is 1. The molecule has 0 fully saturated rings. The predicted octanol–water partition coefficient (Wildman–Crippen LogP) is 3.06. The maximum atomic E-state index is 13.1. The predicted molar refractivity (Wildman–Crippen MR) is 65.4 cm³/mol. The molecule has 0 spiro atoms. The number of halogens is 2. The fourth-order valence-electron chi connectivity index (χ4n) is 1.20. The Balaban J connectivity index is 2.37. The van der Waals surface area contributed by atoms with Gasteiger partial charge >= 0.3 is 0 Å². The highest BCUT2D eigenvalue weighted by atomic mass is 79.9. The lowest BCUT2D eigenvalue weighted by Gasteiger charge is -2.09. The van der Waals surface area contributed by atoms with Gasteiger partial charge in [0, 0.05) is 17.8 Å². The van der Waals surface area contributed by atoms with Crippen LogP contribution in [-0.4, -0.2) is 9.97 Å². The molecule has 0 unspecified atom stereocenters. The van der Waals surface area contributed by atoms with Crippen molar-refractivity contribution < 1.29 is 9.13 Å². The molecule has 2 N–H and O–H groups in total. The number of nitrogen functional groups attached to an aromatic ring is 1. The molecule has 2 rings (SSSR count). The third-order valence-electron chi connectivity index (χ3n) is 2.04. The molecule has 0 saturated heterocycles.